The zero-order valence-corrected chi connectivity index (χ0v) is 15.5. The van der Waals surface area contributed by atoms with Crippen LogP contribution in [0, 0.1) is 11.6 Å². The third-order valence-electron chi connectivity index (χ3n) is 3.69. The van der Waals surface area contributed by atoms with Crippen LogP contribution in [-0.2, 0) is 0 Å². The van der Waals surface area contributed by atoms with Crippen LogP contribution >= 0.6 is 34.5 Å². The van der Waals surface area contributed by atoms with E-state index < -0.39 is 17.5 Å². The minimum Gasteiger partial charge on any atom is -0.289 e. The van der Waals surface area contributed by atoms with E-state index in [1.54, 1.807) is 23.6 Å². The summed E-state index contributed by atoms with van der Waals surface area (Å²) in [5.74, 6) is -2.55. The normalized spacial score (nSPS) is 11.1. The number of fused-ring (bicyclic) bond motifs is 1. The average molecular weight is 425 g/mol. The quantitative estimate of drug-likeness (QED) is 0.485. The van der Waals surface area contributed by atoms with Gasteiger partial charge in [0.2, 0.25) is 4.96 Å². The van der Waals surface area contributed by atoms with Gasteiger partial charge in [-0.3, -0.25) is 10.1 Å². The van der Waals surface area contributed by atoms with Crippen molar-refractivity contribution in [2.45, 2.75) is 0 Å². The van der Waals surface area contributed by atoms with E-state index in [4.69, 9.17) is 23.2 Å². The van der Waals surface area contributed by atoms with E-state index in [9.17, 15) is 13.6 Å². The van der Waals surface area contributed by atoms with Crippen LogP contribution in [0.5, 0.6) is 0 Å². The molecule has 136 valence electrons. The van der Waals surface area contributed by atoms with Crippen molar-refractivity contribution < 1.29 is 13.6 Å². The van der Waals surface area contributed by atoms with Crippen molar-refractivity contribution in [3.05, 3.63) is 69.0 Å². The number of hydrogen-bond acceptors (Lipinski definition) is 4. The monoisotopic (exact) mass is 424 g/mol. The highest BCUT2D eigenvalue weighted by Gasteiger charge is 2.18. The molecule has 10 heteroatoms. The Bertz CT molecular complexity index is 1190. The molecule has 1 N–H and O–H groups in total. The fourth-order valence-electron chi connectivity index (χ4n) is 2.46. The smallest absolute Gasteiger partial charge is 0.261 e. The van der Waals surface area contributed by atoms with Gasteiger partial charge in [-0.25, -0.2) is 13.3 Å². The molecule has 4 rings (SSSR count). The number of amides is 1. The summed E-state index contributed by atoms with van der Waals surface area (Å²) in [4.78, 5) is 16.9. The first-order valence-corrected chi connectivity index (χ1v) is 9.12. The van der Waals surface area contributed by atoms with Crippen LogP contribution in [0.2, 0.25) is 10.0 Å². The number of carbonyl (C=O) groups is 1. The van der Waals surface area contributed by atoms with Crippen molar-refractivity contribution in [3.8, 4) is 11.3 Å². The van der Waals surface area contributed by atoms with E-state index in [1.807, 2.05) is 0 Å². The molecule has 0 unspecified atom stereocenters. The Morgan fingerprint density at radius 3 is 2.74 bits per heavy atom. The molecule has 1 amide bonds. The molecule has 2 heterocycles. The van der Waals surface area contributed by atoms with E-state index in [1.165, 1.54) is 15.9 Å². The fraction of sp³-hybridized carbons (Fsp3) is 0. The summed E-state index contributed by atoms with van der Waals surface area (Å²) in [6, 6.07) is 7.71. The lowest BCUT2D eigenvalue weighted by Gasteiger charge is -2.03. The highest BCUT2D eigenvalue weighted by Crippen LogP contribution is 2.33. The second-order valence-electron chi connectivity index (χ2n) is 5.45. The van der Waals surface area contributed by atoms with Crippen molar-refractivity contribution >= 4 is 51.4 Å². The van der Waals surface area contributed by atoms with Gasteiger partial charge in [-0.05, 0) is 30.3 Å². The molecule has 5 nitrogen and oxygen atoms in total. The Morgan fingerprint density at radius 1 is 1.15 bits per heavy atom. The van der Waals surface area contributed by atoms with Crippen LogP contribution in [0.3, 0.4) is 0 Å². The number of anilines is 1. The molecule has 0 aliphatic rings. The van der Waals surface area contributed by atoms with Crippen molar-refractivity contribution in [2.75, 3.05) is 5.32 Å². The van der Waals surface area contributed by atoms with Gasteiger partial charge in [0, 0.05) is 22.0 Å². The second kappa shape index (κ2) is 6.88. The molecule has 0 spiro atoms. The first-order chi connectivity index (χ1) is 12.9. The van der Waals surface area contributed by atoms with Crippen molar-refractivity contribution in [3.63, 3.8) is 0 Å². The zero-order valence-electron chi connectivity index (χ0n) is 13.2. The first kappa shape index (κ1) is 17.8. The van der Waals surface area contributed by atoms with Crippen LogP contribution in [0.1, 0.15) is 10.4 Å². The molecule has 27 heavy (non-hydrogen) atoms. The molecule has 0 atom stereocenters. The van der Waals surface area contributed by atoms with Crippen LogP contribution in [0.25, 0.3) is 16.2 Å². The van der Waals surface area contributed by atoms with E-state index >= 15 is 0 Å². The summed E-state index contributed by atoms with van der Waals surface area (Å²) in [7, 11) is 0. The molecular weight excluding hydrogens is 417 g/mol. The molecule has 0 aliphatic carbocycles. The van der Waals surface area contributed by atoms with Crippen molar-refractivity contribution in [2.24, 2.45) is 0 Å². The maximum atomic E-state index is 13.7. The van der Waals surface area contributed by atoms with Gasteiger partial charge >= 0.3 is 0 Å². The van der Waals surface area contributed by atoms with Crippen LogP contribution < -0.4 is 5.32 Å². The molecule has 2 aromatic carbocycles. The van der Waals surface area contributed by atoms with Gasteiger partial charge in [-0.2, -0.15) is 4.98 Å². The summed E-state index contributed by atoms with van der Waals surface area (Å²) < 4.78 is 28.2. The minimum absolute atomic E-state index is 0.0185. The van der Waals surface area contributed by atoms with Gasteiger partial charge in [-0.15, -0.1) is 16.4 Å². The van der Waals surface area contributed by atoms with Crippen LogP contribution in [0.15, 0.2) is 41.8 Å². The van der Waals surface area contributed by atoms with Crippen LogP contribution in [-0.4, -0.2) is 20.5 Å². The molecule has 0 fully saturated rings. The van der Waals surface area contributed by atoms with Gasteiger partial charge in [0.05, 0.1) is 16.3 Å². The summed E-state index contributed by atoms with van der Waals surface area (Å²) >= 11 is 13.5. The SMILES string of the molecule is O=C(Nc1nc2scc(-c3cc(Cl)ccc3Cl)n2n1)c1ccc(F)cc1F. The van der Waals surface area contributed by atoms with Crippen LogP contribution in [0.4, 0.5) is 14.7 Å². The van der Waals surface area contributed by atoms with Gasteiger partial charge < -0.3 is 0 Å². The summed E-state index contributed by atoms with van der Waals surface area (Å²) in [5, 5.41) is 9.41. The highest BCUT2D eigenvalue weighted by atomic mass is 35.5. The van der Waals surface area contributed by atoms with E-state index in [-0.39, 0.29) is 11.5 Å². The van der Waals surface area contributed by atoms with Gasteiger partial charge in [-0.1, -0.05) is 23.2 Å². The number of hydrogen-bond donors (Lipinski definition) is 1. The number of thiazole rings is 1. The lowest BCUT2D eigenvalue weighted by molar-refractivity contribution is 0.102. The maximum Gasteiger partial charge on any atom is 0.261 e. The summed E-state index contributed by atoms with van der Waals surface area (Å²) in [6.07, 6.45) is 0. The third-order valence-corrected chi connectivity index (χ3v) is 5.07. The van der Waals surface area contributed by atoms with E-state index in [0.717, 1.165) is 12.1 Å². The molecule has 4 aromatic rings. The Labute approximate surface area is 165 Å². The number of nitrogens with zero attached hydrogens (tertiary/aromatic N) is 3. The lowest BCUT2D eigenvalue weighted by Crippen LogP contribution is -2.15. The predicted octanol–water partition coefficient (Wildman–Crippen LogP) is 5.30. The molecular formula is C17H8Cl2F2N4OS. The molecule has 0 aliphatic heterocycles. The van der Waals surface area contributed by atoms with Gasteiger partial charge in [0.15, 0.2) is 0 Å². The first-order valence-electron chi connectivity index (χ1n) is 7.48. The fourth-order valence-corrected chi connectivity index (χ4v) is 3.66. The predicted molar refractivity (Wildman–Crippen MR) is 101 cm³/mol. The second-order valence-corrected chi connectivity index (χ2v) is 7.13. The third kappa shape index (κ3) is 3.39. The number of rotatable bonds is 3. The van der Waals surface area contributed by atoms with E-state index in [2.05, 4.69) is 15.4 Å². The zero-order chi connectivity index (χ0) is 19.1. The molecule has 0 radical (unpaired) electrons. The minimum atomic E-state index is -0.972. The van der Waals surface area contributed by atoms with Gasteiger partial charge in [0.25, 0.3) is 11.9 Å². The molecule has 2 aromatic heterocycles. The summed E-state index contributed by atoms with van der Waals surface area (Å²) in [5.41, 5.74) is 0.985. The largest absolute Gasteiger partial charge is 0.289 e. The molecule has 0 saturated heterocycles. The Balaban J connectivity index is 1.68. The maximum absolute atomic E-state index is 13.7. The van der Waals surface area contributed by atoms with Gasteiger partial charge in [0.1, 0.15) is 11.6 Å². The van der Waals surface area contributed by atoms with Crippen molar-refractivity contribution in [1.82, 2.24) is 14.6 Å². The Kier molecular flexibility index (Phi) is 4.55. The Morgan fingerprint density at radius 2 is 1.96 bits per heavy atom. The standard InChI is InChI=1S/C17H8Cl2F2N4OS/c18-8-1-4-12(19)11(5-8)14-7-27-17-23-16(24-25(14)17)22-15(26)10-3-2-9(20)6-13(10)21/h1-7H,(H,22,24,26). The number of aromatic nitrogens is 3. The topological polar surface area (TPSA) is 59.3 Å². The Hall–Kier alpha value is -2.55. The molecule has 0 bridgehead atoms. The van der Waals surface area contributed by atoms with Crippen molar-refractivity contribution in [1.29, 1.82) is 0 Å². The number of halogens is 4. The number of nitrogens with one attached hydrogen (secondary N) is 1. The highest BCUT2D eigenvalue weighted by molar-refractivity contribution is 7.15. The summed E-state index contributed by atoms with van der Waals surface area (Å²) in [6.45, 7) is 0. The van der Waals surface area contributed by atoms with E-state index in [0.29, 0.717) is 32.3 Å². The number of carbonyl (C=O) groups excluding carboxylic acids is 1. The number of benzene rings is 2. The average Bonchev–Trinajstić information content (AvgIpc) is 3.17. The molecule has 0 saturated carbocycles. The lowest BCUT2D eigenvalue weighted by atomic mass is 10.2.